The van der Waals surface area contributed by atoms with Gasteiger partial charge in [0.1, 0.15) is 0 Å². The molecule has 1 aliphatic carbocycles. The lowest BCUT2D eigenvalue weighted by Crippen LogP contribution is -2.36. The Morgan fingerprint density at radius 1 is 0.805 bits per heavy atom. The zero-order valence-corrected chi connectivity index (χ0v) is 26.8. The third-order valence-corrected chi connectivity index (χ3v) is 11.3. The predicted octanol–water partition coefficient (Wildman–Crippen LogP) is 4.01. The summed E-state index contributed by atoms with van der Waals surface area (Å²) in [4.78, 5) is 66.5. The summed E-state index contributed by atoms with van der Waals surface area (Å²) in [6, 6.07) is 0. The molecule has 230 valence electrons. The Kier molecular flexibility index (Phi) is 13.5. The predicted molar refractivity (Wildman–Crippen MR) is 165 cm³/mol. The first kappa shape index (κ1) is 33.5. The van der Waals surface area contributed by atoms with Crippen molar-refractivity contribution in [1.29, 1.82) is 0 Å². The molecule has 5 amide bonds. The Labute approximate surface area is 253 Å². The first-order valence-electron chi connectivity index (χ1n) is 15.4. The average molecular weight is 609 g/mol. The van der Waals surface area contributed by atoms with Crippen LogP contribution in [0, 0.1) is 0 Å². The van der Waals surface area contributed by atoms with Crippen LogP contribution in [0.3, 0.4) is 0 Å². The van der Waals surface area contributed by atoms with Gasteiger partial charge >= 0.3 is 0 Å². The van der Waals surface area contributed by atoms with Crippen molar-refractivity contribution in [1.82, 2.24) is 20.4 Å². The second-order valence-electron chi connectivity index (χ2n) is 11.3. The molecule has 3 fully saturated rings. The number of allylic oxidation sites excluding steroid dienone is 2. The summed E-state index contributed by atoms with van der Waals surface area (Å²) in [6.07, 6.45) is 8.32. The van der Waals surface area contributed by atoms with E-state index < -0.39 is 5.25 Å². The molecule has 9 nitrogen and oxygen atoms in total. The summed E-state index contributed by atoms with van der Waals surface area (Å²) in [5, 5.41) is 5.24. The maximum absolute atomic E-state index is 13.5. The van der Waals surface area contributed by atoms with E-state index in [0.29, 0.717) is 32.5 Å². The molecule has 4 unspecified atom stereocenters. The molecule has 1 saturated carbocycles. The van der Waals surface area contributed by atoms with Gasteiger partial charge in [0, 0.05) is 68.1 Å². The molecule has 0 bridgehead atoms. The van der Waals surface area contributed by atoms with Crippen LogP contribution in [0.25, 0.3) is 0 Å². The summed E-state index contributed by atoms with van der Waals surface area (Å²) in [6.45, 7) is 10.1. The number of unbranched alkanes of at least 4 members (excludes halogenated alkanes) is 2. The molecule has 2 aliphatic heterocycles. The Balaban J connectivity index is 1.50. The summed E-state index contributed by atoms with van der Waals surface area (Å²) in [5.41, 5.74) is 2.45. The number of thioether (sulfide) groups is 2. The van der Waals surface area contributed by atoms with Crippen molar-refractivity contribution in [2.75, 3.05) is 26.2 Å². The molecular formula is C30H48N4O5S2. The van der Waals surface area contributed by atoms with Crippen molar-refractivity contribution in [3.8, 4) is 0 Å². The van der Waals surface area contributed by atoms with Gasteiger partial charge < -0.3 is 15.5 Å². The van der Waals surface area contributed by atoms with Gasteiger partial charge in [-0.25, -0.2) is 0 Å². The van der Waals surface area contributed by atoms with Crippen LogP contribution in [-0.2, 0) is 24.0 Å². The molecular weight excluding hydrogens is 560 g/mol. The Hall–Kier alpha value is -2.01. The molecule has 2 saturated heterocycles. The quantitative estimate of drug-likeness (QED) is 0.189. The SMILES string of the molecule is CCCCNC(=O)CCN1C(=O)CC(SC(C)C(C)SC2CC(=C3CCC3)N(CCC(=O)NCCCC)C2=O)C1=O. The lowest BCUT2D eigenvalue weighted by Gasteiger charge is -2.26. The topological polar surface area (TPSA) is 116 Å². The molecule has 11 heteroatoms. The molecule has 0 aromatic carbocycles. The zero-order chi connectivity index (χ0) is 29.9. The molecule has 3 rings (SSSR count). The van der Waals surface area contributed by atoms with Crippen molar-refractivity contribution in [2.24, 2.45) is 0 Å². The minimum Gasteiger partial charge on any atom is -0.356 e. The molecule has 4 atom stereocenters. The molecule has 2 N–H and O–H groups in total. The van der Waals surface area contributed by atoms with E-state index >= 15 is 0 Å². The van der Waals surface area contributed by atoms with Crippen molar-refractivity contribution in [2.45, 2.75) is 119 Å². The summed E-state index contributed by atoms with van der Waals surface area (Å²) in [7, 11) is 0. The van der Waals surface area contributed by atoms with Crippen LogP contribution in [0.1, 0.15) is 98.3 Å². The molecule has 2 heterocycles. The second-order valence-corrected chi connectivity index (χ2v) is 14.4. The van der Waals surface area contributed by atoms with E-state index in [1.54, 1.807) is 11.8 Å². The number of hydrogen-bond acceptors (Lipinski definition) is 7. The van der Waals surface area contributed by atoms with Gasteiger partial charge in [-0.05, 0) is 32.1 Å². The minimum atomic E-state index is -0.460. The van der Waals surface area contributed by atoms with Crippen LogP contribution >= 0.6 is 23.5 Å². The lowest BCUT2D eigenvalue weighted by molar-refractivity contribution is -0.138. The van der Waals surface area contributed by atoms with E-state index in [0.717, 1.165) is 50.6 Å². The minimum absolute atomic E-state index is 0.0133. The normalized spacial score (nSPS) is 22.3. The molecule has 3 aliphatic rings. The highest BCUT2D eigenvalue weighted by molar-refractivity contribution is 8.05. The van der Waals surface area contributed by atoms with Crippen molar-refractivity contribution in [3.05, 3.63) is 11.3 Å². The number of carbonyl (C=O) groups excluding carboxylic acids is 5. The third-order valence-electron chi connectivity index (χ3n) is 8.06. The fraction of sp³-hybridized carbons (Fsp3) is 0.767. The third kappa shape index (κ3) is 9.49. The van der Waals surface area contributed by atoms with E-state index in [1.807, 2.05) is 11.8 Å². The van der Waals surface area contributed by atoms with Gasteiger partial charge in [-0.3, -0.25) is 28.9 Å². The van der Waals surface area contributed by atoms with Crippen LogP contribution < -0.4 is 10.6 Å². The maximum Gasteiger partial charge on any atom is 0.242 e. The number of nitrogens with one attached hydrogen (secondary N) is 2. The monoisotopic (exact) mass is 608 g/mol. The van der Waals surface area contributed by atoms with Gasteiger partial charge in [0.05, 0.1) is 10.5 Å². The largest absolute Gasteiger partial charge is 0.356 e. The number of hydrogen-bond donors (Lipinski definition) is 2. The van der Waals surface area contributed by atoms with Gasteiger partial charge in [0.15, 0.2) is 0 Å². The molecule has 41 heavy (non-hydrogen) atoms. The van der Waals surface area contributed by atoms with Crippen molar-refractivity contribution < 1.29 is 24.0 Å². The Bertz CT molecular complexity index is 997. The second kappa shape index (κ2) is 16.6. The van der Waals surface area contributed by atoms with Crippen LogP contribution in [0.15, 0.2) is 11.3 Å². The highest BCUT2D eigenvalue weighted by Crippen LogP contribution is 2.42. The van der Waals surface area contributed by atoms with Crippen LogP contribution in [0.5, 0.6) is 0 Å². The van der Waals surface area contributed by atoms with Gasteiger partial charge in [0.2, 0.25) is 29.5 Å². The number of likely N-dealkylation sites (tertiary alicyclic amines) is 2. The fourth-order valence-electron chi connectivity index (χ4n) is 5.15. The summed E-state index contributed by atoms with van der Waals surface area (Å²) in [5.74, 6) is -0.524. The van der Waals surface area contributed by atoms with E-state index in [4.69, 9.17) is 0 Å². The van der Waals surface area contributed by atoms with E-state index in [-0.39, 0.29) is 64.7 Å². The van der Waals surface area contributed by atoms with Crippen LogP contribution in [0.2, 0.25) is 0 Å². The summed E-state index contributed by atoms with van der Waals surface area (Å²) < 4.78 is 0. The summed E-state index contributed by atoms with van der Waals surface area (Å²) >= 11 is 3.12. The fourth-order valence-corrected chi connectivity index (χ4v) is 8.00. The zero-order valence-electron chi connectivity index (χ0n) is 25.2. The number of rotatable bonds is 17. The highest BCUT2D eigenvalue weighted by Gasteiger charge is 2.42. The number of carbonyl (C=O) groups is 5. The van der Waals surface area contributed by atoms with Gasteiger partial charge in [-0.1, -0.05) is 46.1 Å². The van der Waals surface area contributed by atoms with Gasteiger partial charge in [-0.15, -0.1) is 23.5 Å². The highest BCUT2D eigenvalue weighted by atomic mass is 32.2. The number of amides is 5. The molecule has 0 aromatic rings. The van der Waals surface area contributed by atoms with Gasteiger partial charge in [0.25, 0.3) is 0 Å². The Morgan fingerprint density at radius 3 is 1.78 bits per heavy atom. The first-order chi connectivity index (χ1) is 19.7. The smallest absolute Gasteiger partial charge is 0.242 e. The average Bonchev–Trinajstić information content (AvgIpc) is 3.34. The lowest BCUT2D eigenvalue weighted by atomic mass is 9.89. The maximum atomic E-state index is 13.5. The van der Waals surface area contributed by atoms with Crippen molar-refractivity contribution in [3.63, 3.8) is 0 Å². The number of nitrogens with zero attached hydrogens (tertiary/aromatic N) is 2. The van der Waals surface area contributed by atoms with Crippen molar-refractivity contribution >= 4 is 53.1 Å². The molecule has 0 aromatic heterocycles. The van der Waals surface area contributed by atoms with Crippen LogP contribution in [0.4, 0.5) is 0 Å². The first-order valence-corrected chi connectivity index (χ1v) is 17.3. The molecule has 0 radical (unpaired) electrons. The van der Waals surface area contributed by atoms with E-state index in [2.05, 4.69) is 31.4 Å². The van der Waals surface area contributed by atoms with E-state index in [1.165, 1.54) is 22.2 Å². The van der Waals surface area contributed by atoms with E-state index in [9.17, 15) is 24.0 Å². The van der Waals surface area contributed by atoms with Gasteiger partial charge in [-0.2, -0.15) is 0 Å². The van der Waals surface area contributed by atoms with Crippen LogP contribution in [-0.4, -0.2) is 86.5 Å². The molecule has 0 spiro atoms. The Morgan fingerprint density at radius 2 is 1.29 bits per heavy atom. The number of imide groups is 1. The standard InChI is InChI=1S/C30H48N4O5S2/c1-5-7-14-31-26(35)12-16-33-23(22-10-9-11-22)18-24(29(33)38)40-20(3)21(4)41-25-19-28(37)34(30(25)39)17-13-27(36)32-15-8-6-2/h20-21,24-25H,5-19H2,1-4H3,(H,31,35)(H,32,36).